The van der Waals surface area contributed by atoms with Gasteiger partial charge in [0.25, 0.3) is 0 Å². The van der Waals surface area contributed by atoms with Gasteiger partial charge in [0.15, 0.2) is 0 Å². The zero-order valence-electron chi connectivity index (χ0n) is 11.7. The maximum absolute atomic E-state index is 11.0. The van der Waals surface area contributed by atoms with Crippen LogP contribution in [0.2, 0.25) is 0 Å². The molecule has 1 aliphatic rings. The van der Waals surface area contributed by atoms with Gasteiger partial charge in [-0.2, -0.15) is 0 Å². The Kier molecular flexibility index (Phi) is 5.79. The van der Waals surface area contributed by atoms with Crippen molar-refractivity contribution in [3.8, 4) is 0 Å². The van der Waals surface area contributed by atoms with Gasteiger partial charge in [-0.3, -0.25) is 9.59 Å². The third kappa shape index (κ3) is 4.54. The molecular formula is C13H21NO5. The Morgan fingerprint density at radius 3 is 2.21 bits per heavy atom. The predicted molar refractivity (Wildman–Crippen MR) is 68.6 cm³/mol. The van der Waals surface area contributed by atoms with E-state index in [0.717, 1.165) is 31.4 Å². The maximum Gasteiger partial charge on any atom is 0.302 e. The summed E-state index contributed by atoms with van der Waals surface area (Å²) in [6.07, 6.45) is 3.50. The highest BCUT2D eigenvalue weighted by Gasteiger charge is 2.41. The standard InChI is InChI=1S/C13H21NO5/c1-10(15)18-8-13(9-19-11(2)16)7-5-4-6-12(13)14-17-3/h4-9H2,1-3H3/b14-12+. The number of esters is 2. The Morgan fingerprint density at radius 1 is 1.16 bits per heavy atom. The molecule has 1 aliphatic carbocycles. The number of nitrogens with zero attached hydrogens (tertiary/aromatic N) is 1. The predicted octanol–water partition coefficient (Wildman–Crippen LogP) is 1.68. The zero-order valence-corrected chi connectivity index (χ0v) is 11.7. The molecule has 6 heteroatoms. The summed E-state index contributed by atoms with van der Waals surface area (Å²) in [5.41, 5.74) is 0.245. The average Bonchev–Trinajstić information content (AvgIpc) is 2.36. The fraction of sp³-hybridized carbons (Fsp3) is 0.769. The van der Waals surface area contributed by atoms with Crippen LogP contribution in [-0.4, -0.2) is 38.0 Å². The summed E-state index contributed by atoms with van der Waals surface area (Å²) in [5.74, 6) is -0.714. The average molecular weight is 271 g/mol. The number of carbonyl (C=O) groups is 2. The SMILES string of the molecule is CO/N=C1\CCCCC1(COC(C)=O)COC(C)=O. The van der Waals surface area contributed by atoms with Gasteiger partial charge in [0.05, 0.1) is 11.1 Å². The molecule has 0 amide bonds. The van der Waals surface area contributed by atoms with E-state index in [4.69, 9.17) is 14.3 Å². The molecule has 108 valence electrons. The molecule has 0 heterocycles. The molecule has 0 aromatic carbocycles. The molecule has 0 unspecified atom stereocenters. The van der Waals surface area contributed by atoms with Crippen molar-refractivity contribution >= 4 is 17.7 Å². The molecule has 0 aromatic heterocycles. The molecule has 0 radical (unpaired) electrons. The number of oxime groups is 1. The first-order valence-corrected chi connectivity index (χ1v) is 6.37. The molecule has 0 aliphatic heterocycles. The Morgan fingerprint density at radius 2 is 1.74 bits per heavy atom. The number of rotatable bonds is 5. The van der Waals surface area contributed by atoms with Crippen LogP contribution in [0, 0.1) is 5.41 Å². The van der Waals surface area contributed by atoms with Crippen LogP contribution in [0.5, 0.6) is 0 Å². The second kappa shape index (κ2) is 7.11. The maximum atomic E-state index is 11.0. The van der Waals surface area contributed by atoms with E-state index in [-0.39, 0.29) is 25.2 Å². The lowest BCUT2D eigenvalue weighted by Gasteiger charge is -2.36. The van der Waals surface area contributed by atoms with Crippen LogP contribution in [0.1, 0.15) is 39.5 Å². The van der Waals surface area contributed by atoms with Crippen molar-refractivity contribution < 1.29 is 23.9 Å². The van der Waals surface area contributed by atoms with Crippen molar-refractivity contribution in [3.05, 3.63) is 0 Å². The smallest absolute Gasteiger partial charge is 0.302 e. The van der Waals surface area contributed by atoms with Gasteiger partial charge in [-0.05, 0) is 19.3 Å². The highest BCUT2D eigenvalue weighted by atomic mass is 16.6. The topological polar surface area (TPSA) is 74.2 Å². The fourth-order valence-corrected chi connectivity index (χ4v) is 2.25. The van der Waals surface area contributed by atoms with E-state index in [1.165, 1.54) is 21.0 Å². The van der Waals surface area contributed by atoms with Crippen molar-refractivity contribution in [1.82, 2.24) is 0 Å². The van der Waals surface area contributed by atoms with Gasteiger partial charge in [-0.25, -0.2) is 0 Å². The van der Waals surface area contributed by atoms with Crippen molar-refractivity contribution in [2.75, 3.05) is 20.3 Å². The second-order valence-corrected chi connectivity index (χ2v) is 4.77. The van der Waals surface area contributed by atoms with Crippen LogP contribution < -0.4 is 0 Å². The molecule has 1 rings (SSSR count). The molecule has 6 nitrogen and oxygen atoms in total. The molecule has 0 atom stereocenters. The summed E-state index contributed by atoms with van der Waals surface area (Å²) >= 11 is 0. The zero-order chi connectivity index (χ0) is 14.3. The first-order valence-electron chi connectivity index (χ1n) is 6.37. The Bertz CT molecular complexity index is 346. The van der Waals surface area contributed by atoms with Gasteiger partial charge >= 0.3 is 11.9 Å². The van der Waals surface area contributed by atoms with Crippen molar-refractivity contribution in [2.24, 2.45) is 10.6 Å². The number of hydrogen-bond acceptors (Lipinski definition) is 6. The normalized spacial score (nSPS) is 19.8. The third-order valence-electron chi connectivity index (χ3n) is 3.24. The largest absolute Gasteiger partial charge is 0.465 e. The van der Waals surface area contributed by atoms with Crippen LogP contribution in [0.15, 0.2) is 5.16 Å². The molecule has 0 aromatic rings. The molecule has 0 bridgehead atoms. The van der Waals surface area contributed by atoms with Crippen LogP contribution >= 0.6 is 0 Å². The molecule has 1 fully saturated rings. The summed E-state index contributed by atoms with van der Waals surface area (Å²) in [5, 5.41) is 4.03. The number of hydrogen-bond donors (Lipinski definition) is 0. The highest BCUT2D eigenvalue weighted by molar-refractivity contribution is 5.91. The van der Waals surface area contributed by atoms with Gasteiger partial charge in [-0.15, -0.1) is 0 Å². The number of ether oxygens (including phenoxy) is 2. The molecule has 19 heavy (non-hydrogen) atoms. The Labute approximate surface area is 113 Å². The monoisotopic (exact) mass is 271 g/mol. The van der Waals surface area contributed by atoms with Crippen molar-refractivity contribution in [3.63, 3.8) is 0 Å². The van der Waals surface area contributed by atoms with E-state index in [1.807, 2.05) is 0 Å². The van der Waals surface area contributed by atoms with Gasteiger partial charge < -0.3 is 14.3 Å². The van der Waals surface area contributed by atoms with Crippen LogP contribution in [0.4, 0.5) is 0 Å². The number of carbonyl (C=O) groups excluding carboxylic acids is 2. The van der Waals surface area contributed by atoms with Gasteiger partial charge in [0.1, 0.15) is 20.3 Å². The first-order chi connectivity index (χ1) is 9.00. The van der Waals surface area contributed by atoms with E-state index >= 15 is 0 Å². The summed E-state index contributed by atoms with van der Waals surface area (Å²) < 4.78 is 10.3. The van der Waals surface area contributed by atoms with Gasteiger partial charge in [-0.1, -0.05) is 11.6 Å². The quantitative estimate of drug-likeness (QED) is 0.561. The lowest BCUT2D eigenvalue weighted by atomic mass is 9.73. The van der Waals surface area contributed by atoms with Gasteiger partial charge in [0, 0.05) is 13.8 Å². The summed E-state index contributed by atoms with van der Waals surface area (Å²) in [6, 6.07) is 0. The molecular weight excluding hydrogens is 250 g/mol. The minimum absolute atomic E-state index is 0.164. The summed E-state index contributed by atoms with van der Waals surface area (Å²) in [6.45, 7) is 3.04. The Balaban J connectivity index is 2.88. The third-order valence-corrected chi connectivity index (χ3v) is 3.24. The van der Waals surface area contributed by atoms with Gasteiger partial charge in [0.2, 0.25) is 0 Å². The van der Waals surface area contributed by atoms with Crippen LogP contribution in [0.25, 0.3) is 0 Å². The van der Waals surface area contributed by atoms with Crippen LogP contribution in [-0.2, 0) is 23.9 Å². The minimum Gasteiger partial charge on any atom is -0.465 e. The van der Waals surface area contributed by atoms with Crippen LogP contribution in [0.3, 0.4) is 0 Å². The lowest BCUT2D eigenvalue weighted by Crippen LogP contribution is -2.43. The Hall–Kier alpha value is -1.59. The lowest BCUT2D eigenvalue weighted by molar-refractivity contribution is -0.148. The first kappa shape index (κ1) is 15.5. The van der Waals surface area contributed by atoms with E-state index in [9.17, 15) is 9.59 Å². The highest BCUT2D eigenvalue weighted by Crippen LogP contribution is 2.35. The summed E-state index contributed by atoms with van der Waals surface area (Å²) in [4.78, 5) is 26.9. The molecule has 0 N–H and O–H groups in total. The molecule has 1 saturated carbocycles. The van der Waals surface area contributed by atoms with E-state index in [2.05, 4.69) is 5.16 Å². The van der Waals surface area contributed by atoms with E-state index < -0.39 is 5.41 Å². The minimum atomic E-state index is -0.550. The molecule has 0 saturated heterocycles. The van der Waals surface area contributed by atoms with Crippen molar-refractivity contribution in [1.29, 1.82) is 0 Å². The van der Waals surface area contributed by atoms with Crippen molar-refractivity contribution in [2.45, 2.75) is 39.5 Å². The summed E-state index contributed by atoms with van der Waals surface area (Å²) in [7, 11) is 1.48. The van der Waals surface area contributed by atoms with E-state index in [0.29, 0.717) is 0 Å². The molecule has 0 spiro atoms. The van der Waals surface area contributed by atoms with E-state index in [1.54, 1.807) is 0 Å². The second-order valence-electron chi connectivity index (χ2n) is 4.77. The fourth-order valence-electron chi connectivity index (χ4n) is 2.25.